The van der Waals surface area contributed by atoms with Gasteiger partial charge in [0.25, 0.3) is 0 Å². The Morgan fingerprint density at radius 1 is 1.40 bits per heavy atom. The van der Waals surface area contributed by atoms with Crippen molar-refractivity contribution in [1.29, 1.82) is 0 Å². The van der Waals surface area contributed by atoms with Gasteiger partial charge in [-0.2, -0.15) is 4.21 Å². The highest BCUT2D eigenvalue weighted by atomic mass is 32.2. The highest BCUT2D eigenvalue weighted by molar-refractivity contribution is 7.74. The van der Waals surface area contributed by atoms with E-state index in [-0.39, 0.29) is 19.8 Å². The van der Waals surface area contributed by atoms with E-state index in [1.54, 1.807) is 0 Å². The van der Waals surface area contributed by atoms with Crippen LogP contribution in [-0.4, -0.2) is 38.8 Å². The molecule has 0 fully saturated rings. The molecule has 0 saturated heterocycles. The van der Waals surface area contributed by atoms with Gasteiger partial charge in [-0.15, -0.1) is 0 Å². The Hall–Kier alpha value is -0.0100. The molecule has 3 N–H and O–H groups in total. The van der Waals surface area contributed by atoms with Gasteiger partial charge in [-0.25, -0.2) is 0 Å². The Kier molecular flexibility index (Phi) is 5.74. The van der Waals surface area contributed by atoms with E-state index in [1.165, 1.54) is 0 Å². The summed E-state index contributed by atoms with van der Waals surface area (Å²) >= 11 is -2.31. The van der Waals surface area contributed by atoms with Crippen LogP contribution in [0.3, 0.4) is 0 Å². The maximum atomic E-state index is 9.86. The summed E-state index contributed by atoms with van der Waals surface area (Å²) in [7, 11) is 0. The molecule has 62 valence electrons. The highest BCUT2D eigenvalue weighted by Gasteiger charge is 2.06. The Bertz CT molecular complexity index is 102. The fraction of sp³-hybridized carbons (Fsp3) is 1.00. The molecule has 1 atom stereocenters. The maximum absolute atomic E-state index is 9.86. The SMILES string of the molecule is O=S(O)OCC(CO)CO. The van der Waals surface area contributed by atoms with Gasteiger partial charge in [-0.1, -0.05) is 0 Å². The van der Waals surface area contributed by atoms with Crippen LogP contribution in [0.5, 0.6) is 0 Å². The van der Waals surface area contributed by atoms with Crippen molar-refractivity contribution in [3.63, 3.8) is 0 Å². The smallest absolute Gasteiger partial charge is 0.301 e. The van der Waals surface area contributed by atoms with Gasteiger partial charge in [-0.3, -0.25) is 8.74 Å². The van der Waals surface area contributed by atoms with Gasteiger partial charge in [0.1, 0.15) is 0 Å². The molecule has 0 amide bonds. The lowest BCUT2D eigenvalue weighted by Gasteiger charge is -2.07. The number of aliphatic hydroxyl groups is 2. The third kappa shape index (κ3) is 4.83. The highest BCUT2D eigenvalue weighted by Crippen LogP contribution is 1.94. The average Bonchev–Trinajstić information content (AvgIpc) is 1.90. The van der Waals surface area contributed by atoms with E-state index in [9.17, 15) is 4.21 Å². The van der Waals surface area contributed by atoms with Crippen molar-refractivity contribution >= 4 is 11.4 Å². The van der Waals surface area contributed by atoms with E-state index in [0.717, 1.165) is 0 Å². The standard InChI is InChI=1S/C4H10O5S/c5-1-4(2-6)3-9-10(7)8/h4-6H,1-3H2,(H,7,8). The van der Waals surface area contributed by atoms with Gasteiger partial charge in [0.05, 0.1) is 19.8 Å². The van der Waals surface area contributed by atoms with Crippen molar-refractivity contribution in [2.75, 3.05) is 19.8 Å². The van der Waals surface area contributed by atoms with Gasteiger partial charge in [0.15, 0.2) is 0 Å². The fourth-order valence-corrected chi connectivity index (χ4v) is 0.626. The molecule has 1 unspecified atom stereocenters. The van der Waals surface area contributed by atoms with E-state index in [4.69, 9.17) is 14.8 Å². The van der Waals surface area contributed by atoms with Crippen LogP contribution in [-0.2, 0) is 15.5 Å². The van der Waals surface area contributed by atoms with Crippen LogP contribution >= 0.6 is 0 Å². The lowest BCUT2D eigenvalue weighted by molar-refractivity contribution is 0.108. The second-order valence-electron chi connectivity index (χ2n) is 1.73. The first-order valence-corrected chi connectivity index (χ1v) is 3.69. The molecule has 0 radical (unpaired) electrons. The molecule has 0 aliphatic rings. The third-order valence-electron chi connectivity index (χ3n) is 0.921. The molecule has 0 aromatic rings. The Morgan fingerprint density at radius 2 is 1.90 bits per heavy atom. The molecule has 6 heteroatoms. The second-order valence-corrected chi connectivity index (χ2v) is 2.40. The van der Waals surface area contributed by atoms with Crippen molar-refractivity contribution in [3.05, 3.63) is 0 Å². The lowest BCUT2D eigenvalue weighted by Crippen LogP contribution is -2.18. The molecule has 0 heterocycles. The zero-order valence-electron chi connectivity index (χ0n) is 5.27. The normalized spacial score (nSPS) is 14.0. The van der Waals surface area contributed by atoms with Gasteiger partial charge in [0.2, 0.25) is 0 Å². The largest absolute Gasteiger partial charge is 0.396 e. The van der Waals surface area contributed by atoms with E-state index < -0.39 is 17.3 Å². The summed E-state index contributed by atoms with van der Waals surface area (Å²) in [5, 5.41) is 16.8. The minimum absolute atomic E-state index is 0.115. The summed E-state index contributed by atoms with van der Waals surface area (Å²) in [5.41, 5.74) is 0. The predicted molar refractivity (Wildman–Crippen MR) is 34.4 cm³/mol. The zero-order valence-corrected chi connectivity index (χ0v) is 6.08. The van der Waals surface area contributed by atoms with Crippen molar-refractivity contribution in [3.8, 4) is 0 Å². The van der Waals surface area contributed by atoms with E-state index in [0.29, 0.717) is 0 Å². The molecule has 0 aliphatic heterocycles. The van der Waals surface area contributed by atoms with Gasteiger partial charge >= 0.3 is 11.4 Å². The van der Waals surface area contributed by atoms with Crippen LogP contribution in [0.15, 0.2) is 0 Å². The molecule has 10 heavy (non-hydrogen) atoms. The zero-order chi connectivity index (χ0) is 7.98. The summed E-state index contributed by atoms with van der Waals surface area (Å²) in [6.45, 7) is -0.627. The van der Waals surface area contributed by atoms with Crippen LogP contribution < -0.4 is 0 Å². The Balaban J connectivity index is 3.34. The molecule has 0 bridgehead atoms. The molecule has 0 aromatic heterocycles. The third-order valence-corrected chi connectivity index (χ3v) is 1.26. The minimum atomic E-state index is -2.31. The molecular formula is C4H10O5S. The fourth-order valence-electron chi connectivity index (χ4n) is 0.318. The molecule has 0 aliphatic carbocycles. The molecule has 0 spiro atoms. The summed E-state index contributed by atoms with van der Waals surface area (Å²) in [6, 6.07) is 0. The van der Waals surface area contributed by atoms with Crippen molar-refractivity contribution in [1.82, 2.24) is 0 Å². The quantitative estimate of drug-likeness (QED) is 0.448. The topological polar surface area (TPSA) is 87.0 Å². The van der Waals surface area contributed by atoms with Crippen LogP contribution in [0.2, 0.25) is 0 Å². The molecule has 0 saturated carbocycles. The molecule has 5 nitrogen and oxygen atoms in total. The van der Waals surface area contributed by atoms with Crippen LogP contribution in [0, 0.1) is 5.92 Å². The van der Waals surface area contributed by atoms with Crippen molar-refractivity contribution in [2.24, 2.45) is 5.92 Å². The first-order chi connectivity index (χ1) is 4.70. The van der Waals surface area contributed by atoms with Gasteiger partial charge in [0, 0.05) is 5.92 Å². The molecular weight excluding hydrogens is 160 g/mol. The van der Waals surface area contributed by atoms with E-state index >= 15 is 0 Å². The first kappa shape index (κ1) is 9.99. The second kappa shape index (κ2) is 5.75. The minimum Gasteiger partial charge on any atom is -0.396 e. The van der Waals surface area contributed by atoms with Crippen LogP contribution in [0.25, 0.3) is 0 Å². The summed E-state index contributed by atoms with van der Waals surface area (Å²) in [6.07, 6.45) is 0. The van der Waals surface area contributed by atoms with Crippen molar-refractivity contribution < 1.29 is 23.2 Å². The van der Waals surface area contributed by atoms with Gasteiger partial charge < -0.3 is 10.2 Å². The van der Waals surface area contributed by atoms with Gasteiger partial charge in [-0.05, 0) is 0 Å². The van der Waals surface area contributed by atoms with Crippen LogP contribution in [0.1, 0.15) is 0 Å². The van der Waals surface area contributed by atoms with Crippen LogP contribution in [0.4, 0.5) is 0 Å². The number of rotatable bonds is 5. The Labute approximate surface area is 61.1 Å². The van der Waals surface area contributed by atoms with E-state index in [2.05, 4.69) is 4.18 Å². The maximum Gasteiger partial charge on any atom is 0.301 e. The average molecular weight is 170 g/mol. The van der Waals surface area contributed by atoms with Crippen molar-refractivity contribution in [2.45, 2.75) is 0 Å². The number of aliphatic hydroxyl groups excluding tert-OH is 2. The molecule has 0 aromatic carbocycles. The lowest BCUT2D eigenvalue weighted by atomic mass is 10.2. The Morgan fingerprint density at radius 3 is 2.20 bits per heavy atom. The number of hydrogen-bond donors (Lipinski definition) is 3. The summed E-state index contributed by atoms with van der Waals surface area (Å²) in [5.74, 6) is -0.476. The first-order valence-electron chi connectivity index (χ1n) is 2.66. The predicted octanol–water partition coefficient (Wildman–Crippen LogP) is -1.26. The number of hydrogen-bond acceptors (Lipinski definition) is 4. The summed E-state index contributed by atoms with van der Waals surface area (Å²) < 4.78 is 22.1. The van der Waals surface area contributed by atoms with E-state index in [1.807, 2.05) is 0 Å². The summed E-state index contributed by atoms with van der Waals surface area (Å²) in [4.78, 5) is 0. The molecule has 0 rings (SSSR count). The monoisotopic (exact) mass is 170 g/mol.